The van der Waals surface area contributed by atoms with Crippen LogP contribution in [0.4, 0.5) is 13.2 Å². The Morgan fingerprint density at radius 1 is 1.23 bits per heavy atom. The van der Waals surface area contributed by atoms with Gasteiger partial charge in [0.2, 0.25) is 0 Å². The SMILES string of the molecule is CN=C(NCCCOc1ccc(C)cc1)NCc1nc(C(F)(F)F)cs1. The number of benzene rings is 1. The zero-order chi connectivity index (χ0) is 19.0. The molecule has 5 nitrogen and oxygen atoms in total. The minimum Gasteiger partial charge on any atom is -0.494 e. The van der Waals surface area contributed by atoms with Crippen LogP contribution in [0, 0.1) is 6.92 Å². The molecule has 1 aromatic heterocycles. The molecule has 0 radical (unpaired) electrons. The summed E-state index contributed by atoms with van der Waals surface area (Å²) in [5.74, 6) is 1.33. The van der Waals surface area contributed by atoms with Crippen molar-refractivity contribution in [2.24, 2.45) is 4.99 Å². The lowest BCUT2D eigenvalue weighted by molar-refractivity contribution is -0.140. The van der Waals surface area contributed by atoms with Crippen LogP contribution >= 0.6 is 11.3 Å². The second kappa shape index (κ2) is 9.42. The lowest BCUT2D eigenvalue weighted by atomic mass is 10.2. The Bertz CT molecular complexity index is 714. The predicted octanol–water partition coefficient (Wildman–Crippen LogP) is 3.60. The number of hydrogen-bond donors (Lipinski definition) is 2. The van der Waals surface area contributed by atoms with E-state index in [-0.39, 0.29) is 6.54 Å². The Kier molecular flexibility index (Phi) is 7.26. The normalized spacial score (nSPS) is 12.1. The molecule has 1 aromatic carbocycles. The molecule has 0 atom stereocenters. The first-order valence-corrected chi connectivity index (χ1v) is 8.92. The lowest BCUT2D eigenvalue weighted by Crippen LogP contribution is -2.37. The van der Waals surface area contributed by atoms with Gasteiger partial charge in [0.1, 0.15) is 10.8 Å². The lowest BCUT2D eigenvalue weighted by Gasteiger charge is -2.11. The van der Waals surface area contributed by atoms with Crippen molar-refractivity contribution in [3.63, 3.8) is 0 Å². The van der Waals surface area contributed by atoms with E-state index in [1.807, 2.05) is 31.2 Å². The van der Waals surface area contributed by atoms with Crippen molar-refractivity contribution in [3.8, 4) is 5.75 Å². The van der Waals surface area contributed by atoms with E-state index in [2.05, 4.69) is 20.6 Å². The number of alkyl halides is 3. The van der Waals surface area contributed by atoms with E-state index < -0.39 is 11.9 Å². The highest BCUT2D eigenvalue weighted by atomic mass is 32.1. The first kappa shape index (κ1) is 20.0. The number of aromatic nitrogens is 1. The van der Waals surface area contributed by atoms with Gasteiger partial charge in [0, 0.05) is 19.0 Å². The van der Waals surface area contributed by atoms with Gasteiger partial charge in [0.05, 0.1) is 13.2 Å². The average Bonchev–Trinajstić information content (AvgIpc) is 3.08. The molecule has 0 fully saturated rings. The second-order valence-corrected chi connectivity index (χ2v) is 6.43. The fraction of sp³-hybridized carbons (Fsp3) is 0.412. The van der Waals surface area contributed by atoms with Gasteiger partial charge in [-0.15, -0.1) is 11.3 Å². The smallest absolute Gasteiger partial charge is 0.434 e. The van der Waals surface area contributed by atoms with Crippen LogP contribution in [0.2, 0.25) is 0 Å². The van der Waals surface area contributed by atoms with Gasteiger partial charge in [-0.25, -0.2) is 4.98 Å². The van der Waals surface area contributed by atoms with Crippen LogP contribution in [-0.4, -0.2) is 31.1 Å². The van der Waals surface area contributed by atoms with Crippen LogP contribution in [0.5, 0.6) is 5.75 Å². The molecule has 1 heterocycles. The molecule has 0 bridgehead atoms. The largest absolute Gasteiger partial charge is 0.494 e. The Morgan fingerprint density at radius 3 is 2.58 bits per heavy atom. The summed E-state index contributed by atoms with van der Waals surface area (Å²) in [7, 11) is 1.60. The highest BCUT2D eigenvalue weighted by Gasteiger charge is 2.33. The Hall–Kier alpha value is -2.29. The standard InChI is InChI=1S/C17H21F3N4OS/c1-12-4-6-13(7-5-12)25-9-3-8-22-16(21-2)23-10-15-24-14(11-26-15)17(18,19)20/h4-7,11H,3,8-10H2,1-2H3,(H2,21,22,23). The number of guanidine groups is 1. The van der Waals surface area contributed by atoms with Gasteiger partial charge in [0.25, 0.3) is 0 Å². The highest BCUT2D eigenvalue weighted by molar-refractivity contribution is 7.09. The molecule has 0 saturated carbocycles. The summed E-state index contributed by atoms with van der Waals surface area (Å²) in [6.45, 7) is 3.37. The van der Waals surface area contributed by atoms with Crippen molar-refractivity contribution < 1.29 is 17.9 Å². The summed E-state index contributed by atoms with van der Waals surface area (Å²) in [6.07, 6.45) is -3.66. The van der Waals surface area contributed by atoms with E-state index in [0.717, 1.165) is 28.9 Å². The van der Waals surface area contributed by atoms with Crippen molar-refractivity contribution in [1.29, 1.82) is 0 Å². The van der Waals surface area contributed by atoms with Crippen LogP contribution in [0.3, 0.4) is 0 Å². The van der Waals surface area contributed by atoms with Gasteiger partial charge in [0.15, 0.2) is 11.7 Å². The number of halogens is 3. The molecular formula is C17H21F3N4OS. The first-order valence-electron chi connectivity index (χ1n) is 8.04. The maximum absolute atomic E-state index is 12.5. The molecule has 0 saturated heterocycles. The van der Waals surface area contributed by atoms with Crippen molar-refractivity contribution in [2.75, 3.05) is 20.2 Å². The minimum atomic E-state index is -4.41. The van der Waals surface area contributed by atoms with Crippen LogP contribution in [0.1, 0.15) is 22.7 Å². The Labute approximate surface area is 154 Å². The van der Waals surface area contributed by atoms with E-state index in [9.17, 15) is 13.2 Å². The molecule has 0 unspecified atom stereocenters. The number of ether oxygens (including phenoxy) is 1. The number of aryl methyl sites for hydroxylation is 1. The number of hydrogen-bond acceptors (Lipinski definition) is 4. The summed E-state index contributed by atoms with van der Waals surface area (Å²) in [6, 6.07) is 7.82. The van der Waals surface area contributed by atoms with Crippen LogP contribution in [0.15, 0.2) is 34.6 Å². The molecule has 0 spiro atoms. The molecule has 0 aliphatic heterocycles. The molecule has 2 rings (SSSR count). The van der Waals surface area contributed by atoms with Crippen molar-refractivity contribution in [1.82, 2.24) is 15.6 Å². The third kappa shape index (κ3) is 6.55. The zero-order valence-corrected chi connectivity index (χ0v) is 15.4. The monoisotopic (exact) mass is 386 g/mol. The van der Waals surface area contributed by atoms with Crippen molar-refractivity contribution in [2.45, 2.75) is 26.1 Å². The number of rotatable bonds is 7. The first-order chi connectivity index (χ1) is 12.4. The summed E-state index contributed by atoms with van der Waals surface area (Å²) in [5.41, 5.74) is 0.312. The van der Waals surface area contributed by atoms with E-state index in [1.54, 1.807) is 7.05 Å². The molecule has 0 aliphatic carbocycles. The minimum absolute atomic E-state index is 0.181. The molecule has 26 heavy (non-hydrogen) atoms. The van der Waals surface area contributed by atoms with Crippen LogP contribution in [0.25, 0.3) is 0 Å². The second-order valence-electron chi connectivity index (χ2n) is 5.49. The van der Waals surface area contributed by atoms with Gasteiger partial charge >= 0.3 is 6.18 Å². The van der Waals surface area contributed by atoms with Crippen LogP contribution in [-0.2, 0) is 12.7 Å². The van der Waals surface area contributed by atoms with E-state index in [0.29, 0.717) is 24.1 Å². The molecule has 2 aromatic rings. The fourth-order valence-corrected chi connectivity index (χ4v) is 2.75. The topological polar surface area (TPSA) is 58.5 Å². The fourth-order valence-electron chi connectivity index (χ4n) is 2.01. The summed E-state index contributed by atoms with van der Waals surface area (Å²) < 4.78 is 43.2. The van der Waals surface area contributed by atoms with Gasteiger partial charge in [-0.3, -0.25) is 4.99 Å². The average molecular weight is 386 g/mol. The number of thiazole rings is 1. The third-order valence-electron chi connectivity index (χ3n) is 3.38. The summed E-state index contributed by atoms with van der Waals surface area (Å²) in [5, 5.41) is 7.39. The molecule has 142 valence electrons. The van der Waals surface area contributed by atoms with E-state index in [1.165, 1.54) is 5.56 Å². The van der Waals surface area contributed by atoms with Gasteiger partial charge < -0.3 is 15.4 Å². The van der Waals surface area contributed by atoms with Gasteiger partial charge in [-0.1, -0.05) is 17.7 Å². The number of aliphatic imine (C=N–C) groups is 1. The molecule has 0 amide bonds. The maximum Gasteiger partial charge on any atom is 0.434 e. The highest BCUT2D eigenvalue weighted by Crippen LogP contribution is 2.29. The van der Waals surface area contributed by atoms with E-state index in [4.69, 9.17) is 4.74 Å². The van der Waals surface area contributed by atoms with Crippen LogP contribution < -0.4 is 15.4 Å². The Balaban J connectivity index is 1.66. The van der Waals surface area contributed by atoms with Gasteiger partial charge in [-0.05, 0) is 25.5 Å². The Morgan fingerprint density at radius 2 is 1.96 bits per heavy atom. The summed E-state index contributed by atoms with van der Waals surface area (Å²) in [4.78, 5) is 7.60. The van der Waals surface area contributed by atoms with Crippen molar-refractivity contribution >= 4 is 17.3 Å². The third-order valence-corrected chi connectivity index (χ3v) is 4.22. The quantitative estimate of drug-likeness (QED) is 0.434. The van der Waals surface area contributed by atoms with Crippen molar-refractivity contribution in [3.05, 3.63) is 45.9 Å². The zero-order valence-electron chi connectivity index (χ0n) is 14.6. The maximum atomic E-state index is 12.5. The number of nitrogens with zero attached hydrogens (tertiary/aromatic N) is 2. The van der Waals surface area contributed by atoms with E-state index >= 15 is 0 Å². The predicted molar refractivity (Wildman–Crippen MR) is 96.6 cm³/mol. The molecule has 0 aliphatic rings. The summed E-state index contributed by atoms with van der Waals surface area (Å²) >= 11 is 0.963. The molecule has 2 N–H and O–H groups in total. The number of nitrogens with one attached hydrogen (secondary N) is 2. The molecular weight excluding hydrogens is 365 g/mol. The van der Waals surface area contributed by atoms with Gasteiger partial charge in [-0.2, -0.15) is 13.2 Å². The molecule has 9 heteroatoms.